The summed E-state index contributed by atoms with van der Waals surface area (Å²) in [6.07, 6.45) is 0.613. The van der Waals surface area contributed by atoms with Gasteiger partial charge in [-0.1, -0.05) is 0 Å². The van der Waals surface area contributed by atoms with Crippen molar-refractivity contribution in [2.45, 2.75) is 33.0 Å². The Hall–Kier alpha value is -2.10. The van der Waals surface area contributed by atoms with E-state index in [-0.39, 0.29) is 29.4 Å². The lowest BCUT2D eigenvalue weighted by Crippen LogP contribution is -2.45. The van der Waals surface area contributed by atoms with E-state index in [1.54, 1.807) is 4.90 Å². The van der Waals surface area contributed by atoms with Crippen molar-refractivity contribution in [1.82, 2.24) is 25.3 Å². The predicted molar refractivity (Wildman–Crippen MR) is 90.3 cm³/mol. The molecule has 1 fully saturated rings. The molecule has 0 saturated carbocycles. The molecule has 1 saturated heterocycles. The number of hydrogen-bond acceptors (Lipinski definition) is 5. The van der Waals surface area contributed by atoms with Crippen LogP contribution in [-0.2, 0) is 34.3 Å². The van der Waals surface area contributed by atoms with Crippen LogP contribution in [-0.4, -0.2) is 59.6 Å². The summed E-state index contributed by atoms with van der Waals surface area (Å²) in [6.45, 7) is 3.81. The number of amides is 3. The zero-order valence-electron chi connectivity index (χ0n) is 14.2. The number of urea groups is 1. The summed E-state index contributed by atoms with van der Waals surface area (Å²) in [4.78, 5) is 25.0. The van der Waals surface area contributed by atoms with Crippen molar-refractivity contribution in [1.29, 1.82) is 0 Å². The smallest absolute Gasteiger partial charge is 0.317 e. The zero-order chi connectivity index (χ0) is 18.0. The van der Waals surface area contributed by atoms with Gasteiger partial charge in [0.05, 0.1) is 42.5 Å². The SMILES string of the molecule is CC(=O)NCc1cc2n(n1)CCN(C(=O)NCC1CCS(=O)(=O)C1)C2. The van der Waals surface area contributed by atoms with E-state index in [0.29, 0.717) is 39.1 Å². The lowest BCUT2D eigenvalue weighted by atomic mass is 10.1. The van der Waals surface area contributed by atoms with E-state index in [0.717, 1.165) is 11.4 Å². The minimum Gasteiger partial charge on any atom is -0.351 e. The van der Waals surface area contributed by atoms with Gasteiger partial charge in [-0.15, -0.1) is 0 Å². The molecule has 9 nitrogen and oxygen atoms in total. The summed E-state index contributed by atoms with van der Waals surface area (Å²) in [7, 11) is -2.92. The van der Waals surface area contributed by atoms with Crippen molar-refractivity contribution in [3.63, 3.8) is 0 Å². The molecule has 0 aromatic carbocycles. The van der Waals surface area contributed by atoms with E-state index in [1.807, 2.05) is 10.7 Å². The predicted octanol–water partition coefficient (Wildman–Crippen LogP) is -0.521. The van der Waals surface area contributed by atoms with Crippen LogP contribution in [0.2, 0.25) is 0 Å². The number of nitrogens with one attached hydrogen (secondary N) is 2. The molecule has 0 radical (unpaired) electrons. The van der Waals surface area contributed by atoms with Gasteiger partial charge in [-0.25, -0.2) is 13.2 Å². The molecule has 0 spiro atoms. The second-order valence-corrected chi connectivity index (χ2v) is 8.87. The highest BCUT2D eigenvalue weighted by atomic mass is 32.2. The molecule has 1 unspecified atom stereocenters. The van der Waals surface area contributed by atoms with Gasteiger partial charge in [0.15, 0.2) is 9.84 Å². The molecular weight excluding hydrogens is 346 g/mol. The number of rotatable bonds is 4. The molecule has 2 aliphatic rings. The third kappa shape index (κ3) is 4.50. The number of aromatic nitrogens is 2. The maximum absolute atomic E-state index is 12.3. The van der Waals surface area contributed by atoms with Gasteiger partial charge in [0.2, 0.25) is 5.91 Å². The lowest BCUT2D eigenvalue weighted by Gasteiger charge is -2.28. The van der Waals surface area contributed by atoms with E-state index in [4.69, 9.17) is 0 Å². The van der Waals surface area contributed by atoms with Gasteiger partial charge >= 0.3 is 6.03 Å². The normalized spacial score (nSPS) is 21.6. The van der Waals surface area contributed by atoms with E-state index in [2.05, 4.69) is 15.7 Å². The Balaban J connectivity index is 1.51. The van der Waals surface area contributed by atoms with Crippen LogP contribution in [0.3, 0.4) is 0 Å². The second kappa shape index (κ2) is 7.03. The third-order valence-electron chi connectivity index (χ3n) is 4.52. The average molecular weight is 369 g/mol. The van der Waals surface area contributed by atoms with E-state index in [1.165, 1.54) is 6.92 Å². The largest absolute Gasteiger partial charge is 0.351 e. The van der Waals surface area contributed by atoms with Crippen LogP contribution in [0.4, 0.5) is 4.79 Å². The summed E-state index contributed by atoms with van der Waals surface area (Å²) in [5.74, 6) is 0.273. The van der Waals surface area contributed by atoms with E-state index < -0.39 is 9.84 Å². The van der Waals surface area contributed by atoms with Crippen LogP contribution in [0.25, 0.3) is 0 Å². The molecule has 1 aromatic rings. The standard InChI is InChI=1S/C15H23N5O4S/c1-11(21)16-8-13-6-14-9-19(3-4-20(14)18-13)15(22)17-7-12-2-5-25(23,24)10-12/h6,12H,2-5,7-10H2,1H3,(H,16,21)(H,17,22). The number of hydrogen-bond donors (Lipinski definition) is 2. The fraction of sp³-hybridized carbons (Fsp3) is 0.667. The molecule has 25 heavy (non-hydrogen) atoms. The van der Waals surface area contributed by atoms with Gasteiger partial charge in [0.1, 0.15) is 0 Å². The molecule has 1 atom stereocenters. The van der Waals surface area contributed by atoms with Gasteiger partial charge in [0.25, 0.3) is 0 Å². The molecule has 1 aromatic heterocycles. The first-order valence-electron chi connectivity index (χ1n) is 8.35. The highest BCUT2D eigenvalue weighted by molar-refractivity contribution is 7.91. The van der Waals surface area contributed by atoms with Gasteiger partial charge in [-0.2, -0.15) is 5.10 Å². The summed E-state index contributed by atoms with van der Waals surface area (Å²) in [5, 5.41) is 9.97. The quantitative estimate of drug-likeness (QED) is 0.741. The molecule has 0 aliphatic carbocycles. The minimum absolute atomic E-state index is 0.00789. The van der Waals surface area contributed by atoms with Crippen LogP contribution in [0.15, 0.2) is 6.07 Å². The Bertz CT molecular complexity index is 773. The summed E-state index contributed by atoms with van der Waals surface area (Å²) >= 11 is 0. The van der Waals surface area contributed by atoms with Gasteiger partial charge < -0.3 is 15.5 Å². The zero-order valence-corrected chi connectivity index (χ0v) is 15.0. The maximum atomic E-state index is 12.3. The van der Waals surface area contributed by atoms with E-state index >= 15 is 0 Å². The highest BCUT2D eigenvalue weighted by Crippen LogP contribution is 2.18. The topological polar surface area (TPSA) is 113 Å². The summed E-state index contributed by atoms with van der Waals surface area (Å²) < 4.78 is 24.8. The van der Waals surface area contributed by atoms with Crippen LogP contribution in [0.1, 0.15) is 24.7 Å². The van der Waals surface area contributed by atoms with Crippen molar-refractivity contribution in [3.05, 3.63) is 17.5 Å². The number of carbonyl (C=O) groups is 2. The Morgan fingerprint density at radius 1 is 1.32 bits per heavy atom. The molecule has 3 amide bonds. The maximum Gasteiger partial charge on any atom is 0.317 e. The number of fused-ring (bicyclic) bond motifs is 1. The Morgan fingerprint density at radius 2 is 2.12 bits per heavy atom. The Morgan fingerprint density at radius 3 is 2.80 bits per heavy atom. The first-order valence-corrected chi connectivity index (χ1v) is 10.2. The Kier molecular flexibility index (Phi) is 4.98. The highest BCUT2D eigenvalue weighted by Gasteiger charge is 2.29. The van der Waals surface area contributed by atoms with Gasteiger partial charge in [0, 0.05) is 20.0 Å². The van der Waals surface area contributed by atoms with Crippen LogP contribution in [0.5, 0.6) is 0 Å². The van der Waals surface area contributed by atoms with Crippen molar-refractivity contribution in [2.24, 2.45) is 5.92 Å². The van der Waals surface area contributed by atoms with Crippen molar-refractivity contribution < 1.29 is 18.0 Å². The first kappa shape index (κ1) is 17.7. The average Bonchev–Trinajstić information content (AvgIpc) is 3.12. The van der Waals surface area contributed by atoms with Crippen LogP contribution < -0.4 is 10.6 Å². The van der Waals surface area contributed by atoms with Crippen molar-refractivity contribution in [3.8, 4) is 0 Å². The number of sulfone groups is 1. The Labute approximate surface area is 146 Å². The molecule has 3 heterocycles. The number of nitrogens with zero attached hydrogens (tertiary/aromatic N) is 3. The summed E-state index contributed by atoms with van der Waals surface area (Å²) in [6, 6.07) is 1.71. The number of carbonyl (C=O) groups excluding carboxylic acids is 2. The van der Waals surface area contributed by atoms with Gasteiger partial charge in [-0.05, 0) is 18.4 Å². The first-order chi connectivity index (χ1) is 11.8. The minimum atomic E-state index is -2.92. The van der Waals surface area contributed by atoms with Crippen LogP contribution in [0, 0.1) is 5.92 Å². The molecule has 138 valence electrons. The monoisotopic (exact) mass is 369 g/mol. The molecule has 2 aliphatic heterocycles. The fourth-order valence-corrected chi connectivity index (χ4v) is 5.04. The lowest BCUT2D eigenvalue weighted by molar-refractivity contribution is -0.119. The van der Waals surface area contributed by atoms with Crippen LogP contribution >= 0.6 is 0 Å². The third-order valence-corrected chi connectivity index (χ3v) is 6.36. The van der Waals surface area contributed by atoms with Crippen molar-refractivity contribution in [2.75, 3.05) is 24.6 Å². The summed E-state index contributed by atoms with van der Waals surface area (Å²) in [5.41, 5.74) is 1.69. The molecular formula is C15H23N5O4S. The van der Waals surface area contributed by atoms with Gasteiger partial charge in [-0.3, -0.25) is 9.48 Å². The van der Waals surface area contributed by atoms with Crippen molar-refractivity contribution >= 4 is 21.8 Å². The van der Waals surface area contributed by atoms with E-state index in [9.17, 15) is 18.0 Å². The fourth-order valence-electron chi connectivity index (χ4n) is 3.18. The second-order valence-electron chi connectivity index (χ2n) is 6.64. The molecule has 10 heteroatoms. The molecule has 3 rings (SSSR count). The molecule has 2 N–H and O–H groups in total. The molecule has 0 bridgehead atoms.